The summed E-state index contributed by atoms with van der Waals surface area (Å²) in [5, 5.41) is 8.88. The summed E-state index contributed by atoms with van der Waals surface area (Å²) >= 11 is 3.57. The van der Waals surface area contributed by atoms with E-state index in [0.29, 0.717) is 6.04 Å². The average molecular weight is 252 g/mol. The van der Waals surface area contributed by atoms with Gasteiger partial charge in [-0.3, -0.25) is 4.68 Å². The fourth-order valence-corrected chi connectivity index (χ4v) is 2.35. The summed E-state index contributed by atoms with van der Waals surface area (Å²) in [7, 11) is 0. The Morgan fingerprint density at radius 1 is 1.43 bits per heavy atom. The molecule has 1 aliphatic rings. The van der Waals surface area contributed by atoms with Crippen LogP contribution < -0.4 is 5.32 Å². The molecule has 1 N–H and O–H groups in total. The summed E-state index contributed by atoms with van der Waals surface area (Å²) in [5.74, 6) is 0. The number of aromatic nitrogens is 2. The van der Waals surface area contributed by atoms with E-state index in [-0.39, 0.29) is 0 Å². The highest BCUT2D eigenvalue weighted by molar-refractivity contribution is 9.10. The van der Waals surface area contributed by atoms with Gasteiger partial charge in [0.1, 0.15) is 0 Å². The molecule has 1 saturated heterocycles. The van der Waals surface area contributed by atoms with Crippen LogP contribution in [0.1, 0.15) is 6.04 Å². The Balaban J connectivity index is 2.23. The summed E-state index contributed by atoms with van der Waals surface area (Å²) in [6.45, 7) is 2.05. The Labute approximate surface area is 90.2 Å². The fraction of sp³-hybridized carbons (Fsp3) is 0.300. The third-order valence-corrected chi connectivity index (χ3v) is 3.31. The predicted molar refractivity (Wildman–Crippen MR) is 59.3 cm³/mol. The van der Waals surface area contributed by atoms with Gasteiger partial charge in [-0.05, 0) is 22.0 Å². The van der Waals surface area contributed by atoms with E-state index in [4.69, 9.17) is 0 Å². The van der Waals surface area contributed by atoms with E-state index in [1.165, 1.54) is 10.9 Å². The first-order valence-electron chi connectivity index (χ1n) is 4.69. The van der Waals surface area contributed by atoms with E-state index < -0.39 is 0 Å². The van der Waals surface area contributed by atoms with Crippen LogP contribution in [0.2, 0.25) is 0 Å². The number of nitrogens with zero attached hydrogens (tertiary/aromatic N) is 2. The third kappa shape index (κ3) is 1.11. The van der Waals surface area contributed by atoms with Gasteiger partial charge in [0.25, 0.3) is 0 Å². The first-order chi connectivity index (χ1) is 6.86. The van der Waals surface area contributed by atoms with Crippen molar-refractivity contribution in [3.05, 3.63) is 28.9 Å². The van der Waals surface area contributed by atoms with Gasteiger partial charge in [0.2, 0.25) is 0 Å². The summed E-state index contributed by atoms with van der Waals surface area (Å²) in [6.07, 6.45) is 1.93. The normalized spacial score (nSPS) is 17.2. The molecule has 1 aromatic carbocycles. The van der Waals surface area contributed by atoms with Crippen LogP contribution >= 0.6 is 15.9 Å². The quantitative estimate of drug-likeness (QED) is 0.840. The second-order valence-electron chi connectivity index (χ2n) is 3.58. The van der Waals surface area contributed by atoms with Crippen LogP contribution in [0, 0.1) is 0 Å². The average Bonchev–Trinajstić information content (AvgIpc) is 2.47. The van der Waals surface area contributed by atoms with Gasteiger partial charge >= 0.3 is 0 Å². The molecule has 0 aliphatic carbocycles. The molecule has 0 spiro atoms. The summed E-state index contributed by atoms with van der Waals surface area (Å²) in [4.78, 5) is 0. The molecule has 1 fully saturated rings. The van der Waals surface area contributed by atoms with Gasteiger partial charge < -0.3 is 5.32 Å². The zero-order chi connectivity index (χ0) is 9.54. The number of nitrogens with one attached hydrogen (secondary N) is 1. The molecule has 4 heteroatoms. The molecular weight excluding hydrogens is 242 g/mol. The monoisotopic (exact) mass is 251 g/mol. The SMILES string of the molecule is Brc1cccc2cnn(C3CNC3)c12. The van der Waals surface area contributed by atoms with Gasteiger partial charge in [-0.15, -0.1) is 0 Å². The first-order valence-corrected chi connectivity index (χ1v) is 5.48. The Bertz CT molecular complexity index is 473. The van der Waals surface area contributed by atoms with Crippen molar-refractivity contribution in [1.82, 2.24) is 15.1 Å². The minimum Gasteiger partial charge on any atom is -0.312 e. The molecule has 0 unspecified atom stereocenters. The lowest BCUT2D eigenvalue weighted by Gasteiger charge is -2.28. The highest BCUT2D eigenvalue weighted by Crippen LogP contribution is 2.26. The van der Waals surface area contributed by atoms with E-state index in [1.54, 1.807) is 0 Å². The number of rotatable bonds is 1. The summed E-state index contributed by atoms with van der Waals surface area (Å²) in [5.41, 5.74) is 1.21. The highest BCUT2D eigenvalue weighted by Gasteiger charge is 2.21. The van der Waals surface area contributed by atoms with Gasteiger partial charge in [0, 0.05) is 22.9 Å². The maximum atomic E-state index is 4.42. The van der Waals surface area contributed by atoms with Gasteiger partial charge in [0.15, 0.2) is 0 Å². The minimum atomic E-state index is 0.520. The van der Waals surface area contributed by atoms with E-state index in [0.717, 1.165) is 17.6 Å². The minimum absolute atomic E-state index is 0.520. The predicted octanol–water partition coefficient (Wildman–Crippen LogP) is 1.94. The third-order valence-electron chi connectivity index (χ3n) is 2.67. The number of para-hydroxylation sites is 1. The first kappa shape index (κ1) is 8.44. The van der Waals surface area contributed by atoms with Crippen LogP contribution in [0.4, 0.5) is 0 Å². The van der Waals surface area contributed by atoms with Crippen LogP contribution in [-0.2, 0) is 0 Å². The Morgan fingerprint density at radius 3 is 3.00 bits per heavy atom. The fourth-order valence-electron chi connectivity index (χ4n) is 1.78. The lowest BCUT2D eigenvalue weighted by molar-refractivity contribution is 0.326. The maximum absolute atomic E-state index is 4.42. The van der Waals surface area contributed by atoms with Gasteiger partial charge in [-0.2, -0.15) is 5.10 Å². The molecule has 0 radical (unpaired) electrons. The molecule has 14 heavy (non-hydrogen) atoms. The van der Waals surface area contributed by atoms with Crippen molar-refractivity contribution in [3.8, 4) is 0 Å². The van der Waals surface area contributed by atoms with Crippen molar-refractivity contribution in [1.29, 1.82) is 0 Å². The van der Waals surface area contributed by atoms with E-state index in [2.05, 4.69) is 43.2 Å². The second kappa shape index (κ2) is 3.07. The lowest BCUT2D eigenvalue weighted by atomic mass is 10.2. The van der Waals surface area contributed by atoms with Crippen LogP contribution in [-0.4, -0.2) is 22.9 Å². The molecular formula is C10H10BrN3. The van der Waals surface area contributed by atoms with Crippen LogP contribution in [0.25, 0.3) is 10.9 Å². The molecule has 0 amide bonds. The van der Waals surface area contributed by atoms with Crippen LogP contribution in [0.3, 0.4) is 0 Å². The van der Waals surface area contributed by atoms with Crippen molar-refractivity contribution < 1.29 is 0 Å². The smallest absolute Gasteiger partial charge is 0.0828 e. The van der Waals surface area contributed by atoms with Crippen molar-refractivity contribution >= 4 is 26.8 Å². The maximum Gasteiger partial charge on any atom is 0.0828 e. The van der Waals surface area contributed by atoms with Crippen LogP contribution in [0.15, 0.2) is 28.9 Å². The summed E-state index contributed by atoms with van der Waals surface area (Å²) < 4.78 is 3.23. The van der Waals surface area contributed by atoms with Crippen molar-refractivity contribution in [2.75, 3.05) is 13.1 Å². The highest BCUT2D eigenvalue weighted by atomic mass is 79.9. The van der Waals surface area contributed by atoms with Crippen molar-refractivity contribution in [3.63, 3.8) is 0 Å². The number of fused-ring (bicyclic) bond motifs is 1. The number of hydrogen-bond acceptors (Lipinski definition) is 2. The zero-order valence-electron chi connectivity index (χ0n) is 7.57. The molecule has 1 aromatic heterocycles. The molecule has 3 rings (SSSR count). The molecule has 72 valence electrons. The summed E-state index contributed by atoms with van der Waals surface area (Å²) in [6, 6.07) is 6.71. The Morgan fingerprint density at radius 2 is 2.29 bits per heavy atom. The molecule has 2 heterocycles. The molecule has 2 aromatic rings. The molecule has 0 bridgehead atoms. The second-order valence-corrected chi connectivity index (χ2v) is 4.43. The van der Waals surface area contributed by atoms with E-state index >= 15 is 0 Å². The lowest BCUT2D eigenvalue weighted by Crippen LogP contribution is -2.43. The van der Waals surface area contributed by atoms with E-state index in [1.807, 2.05) is 12.3 Å². The van der Waals surface area contributed by atoms with Crippen LogP contribution in [0.5, 0.6) is 0 Å². The van der Waals surface area contributed by atoms with Gasteiger partial charge in [-0.25, -0.2) is 0 Å². The molecule has 3 nitrogen and oxygen atoms in total. The Hall–Kier alpha value is -0.870. The van der Waals surface area contributed by atoms with Crippen molar-refractivity contribution in [2.45, 2.75) is 6.04 Å². The number of halogens is 1. The van der Waals surface area contributed by atoms with Crippen molar-refractivity contribution in [2.24, 2.45) is 0 Å². The number of benzene rings is 1. The number of hydrogen-bond donors (Lipinski definition) is 1. The Kier molecular flexibility index (Phi) is 1.85. The standard InChI is InChI=1S/C10H10BrN3/c11-9-3-1-2-7-4-13-14(10(7)9)8-5-12-6-8/h1-4,8,12H,5-6H2. The van der Waals surface area contributed by atoms with Gasteiger partial charge in [0.05, 0.1) is 17.8 Å². The molecule has 1 aliphatic heterocycles. The largest absolute Gasteiger partial charge is 0.312 e. The molecule has 0 atom stereocenters. The molecule has 0 saturated carbocycles. The topological polar surface area (TPSA) is 29.9 Å². The van der Waals surface area contributed by atoms with E-state index in [9.17, 15) is 0 Å². The zero-order valence-corrected chi connectivity index (χ0v) is 9.16. The van der Waals surface area contributed by atoms with Gasteiger partial charge in [-0.1, -0.05) is 12.1 Å².